The number of halogens is 1. The van der Waals surface area contributed by atoms with Crippen molar-refractivity contribution in [3.63, 3.8) is 0 Å². The molecule has 29 heavy (non-hydrogen) atoms. The van der Waals surface area contributed by atoms with Gasteiger partial charge in [0.15, 0.2) is 11.6 Å². The number of rotatable bonds is 5. The van der Waals surface area contributed by atoms with E-state index in [0.717, 1.165) is 18.9 Å². The van der Waals surface area contributed by atoms with Crippen molar-refractivity contribution in [3.05, 3.63) is 32.7 Å². The number of methoxy groups -OCH3 is 1. The number of nitrogens with two attached hydrogens (primary N) is 1. The molecule has 2 fully saturated rings. The highest BCUT2D eigenvalue weighted by Gasteiger charge is 2.33. The van der Waals surface area contributed by atoms with Crippen LogP contribution in [0.1, 0.15) is 31.7 Å². The third-order valence-electron chi connectivity index (χ3n) is 5.99. The van der Waals surface area contributed by atoms with E-state index in [1.807, 2.05) is 0 Å². The predicted octanol–water partition coefficient (Wildman–Crippen LogP) is -0.0708. The van der Waals surface area contributed by atoms with E-state index in [0.29, 0.717) is 30.6 Å². The number of nitrogen functional groups attached to an aromatic ring is 1. The number of benzene rings is 1. The SMILES string of the molecule is COc1c(N2CCC(C(O)CO)CC2)c(F)cc2c(=O)n(N)c(=O)n(C3CC3)c12. The number of piperidine rings is 1. The summed E-state index contributed by atoms with van der Waals surface area (Å²) < 4.78 is 22.6. The molecule has 1 atom stereocenters. The summed E-state index contributed by atoms with van der Waals surface area (Å²) in [6.45, 7) is 0.585. The van der Waals surface area contributed by atoms with Gasteiger partial charge in [0.05, 0.1) is 25.2 Å². The first-order chi connectivity index (χ1) is 13.9. The lowest BCUT2D eigenvalue weighted by atomic mass is 9.91. The van der Waals surface area contributed by atoms with Crippen LogP contribution in [-0.2, 0) is 0 Å². The van der Waals surface area contributed by atoms with Crippen molar-refractivity contribution in [1.82, 2.24) is 9.24 Å². The first-order valence-electron chi connectivity index (χ1n) is 9.75. The lowest BCUT2D eigenvalue weighted by Gasteiger charge is -2.36. The molecule has 1 aliphatic heterocycles. The second-order valence-corrected chi connectivity index (χ2v) is 7.77. The monoisotopic (exact) mass is 408 g/mol. The molecule has 9 nitrogen and oxygen atoms in total. The average molecular weight is 408 g/mol. The summed E-state index contributed by atoms with van der Waals surface area (Å²) in [4.78, 5) is 27.0. The van der Waals surface area contributed by atoms with Crippen LogP contribution in [0, 0.1) is 11.7 Å². The van der Waals surface area contributed by atoms with E-state index in [2.05, 4.69) is 0 Å². The van der Waals surface area contributed by atoms with Crippen LogP contribution >= 0.6 is 0 Å². The van der Waals surface area contributed by atoms with E-state index in [4.69, 9.17) is 15.7 Å². The fourth-order valence-electron chi connectivity index (χ4n) is 4.25. The van der Waals surface area contributed by atoms with Gasteiger partial charge in [-0.15, -0.1) is 0 Å². The number of fused-ring (bicyclic) bond motifs is 1. The van der Waals surface area contributed by atoms with Crippen molar-refractivity contribution >= 4 is 16.6 Å². The molecule has 0 amide bonds. The molecule has 4 N–H and O–H groups in total. The standard InChI is InChI=1S/C19H25FN4O5/c1-29-17-15-12(18(27)24(21)19(28)23(15)11-2-3-11)8-13(20)16(17)22-6-4-10(5-7-22)14(26)9-25/h8,10-11,14,25-26H,2-7,9,21H2,1H3. The van der Waals surface area contributed by atoms with Crippen LogP contribution < -0.4 is 26.7 Å². The Balaban J connectivity index is 1.87. The summed E-state index contributed by atoms with van der Waals surface area (Å²) in [5.41, 5.74) is -0.957. The topological polar surface area (TPSA) is 123 Å². The van der Waals surface area contributed by atoms with E-state index in [1.54, 1.807) is 4.90 Å². The molecule has 158 valence electrons. The Morgan fingerprint density at radius 2 is 1.93 bits per heavy atom. The molecule has 1 saturated carbocycles. The summed E-state index contributed by atoms with van der Waals surface area (Å²) in [7, 11) is 1.38. The van der Waals surface area contributed by atoms with Crippen molar-refractivity contribution in [2.45, 2.75) is 37.8 Å². The molecule has 4 rings (SSSR count). The minimum atomic E-state index is -0.802. The van der Waals surface area contributed by atoms with Gasteiger partial charge in [0.25, 0.3) is 5.56 Å². The highest BCUT2D eigenvalue weighted by Crippen LogP contribution is 2.43. The number of hydrogen-bond donors (Lipinski definition) is 3. The first-order valence-corrected chi connectivity index (χ1v) is 9.75. The third kappa shape index (κ3) is 3.16. The van der Waals surface area contributed by atoms with E-state index in [-0.39, 0.29) is 40.9 Å². The van der Waals surface area contributed by atoms with Gasteiger partial charge < -0.3 is 25.7 Å². The number of anilines is 1. The van der Waals surface area contributed by atoms with Gasteiger partial charge in [0.2, 0.25) is 0 Å². The number of aliphatic hydroxyl groups excluding tert-OH is 2. The number of ether oxygens (including phenoxy) is 1. The maximum Gasteiger partial charge on any atom is 0.350 e. The highest BCUT2D eigenvalue weighted by atomic mass is 19.1. The number of hydrogen-bond acceptors (Lipinski definition) is 7. The van der Waals surface area contributed by atoms with Crippen LogP contribution in [0.3, 0.4) is 0 Å². The van der Waals surface area contributed by atoms with Crippen molar-refractivity contribution < 1.29 is 19.3 Å². The van der Waals surface area contributed by atoms with Crippen LogP contribution in [0.25, 0.3) is 10.9 Å². The number of nitrogens with zero attached hydrogens (tertiary/aromatic N) is 3. The molecule has 1 saturated heterocycles. The minimum Gasteiger partial charge on any atom is -0.492 e. The lowest BCUT2D eigenvalue weighted by Crippen LogP contribution is -2.45. The molecule has 0 bridgehead atoms. The zero-order valence-corrected chi connectivity index (χ0v) is 16.2. The molecule has 2 aliphatic rings. The van der Waals surface area contributed by atoms with Crippen molar-refractivity contribution in [2.24, 2.45) is 5.92 Å². The first kappa shape index (κ1) is 19.7. The minimum absolute atomic E-state index is 0.00249. The molecule has 1 aromatic carbocycles. The molecule has 2 heterocycles. The summed E-state index contributed by atoms with van der Waals surface area (Å²) in [5.74, 6) is 5.09. The third-order valence-corrected chi connectivity index (χ3v) is 5.99. The molecule has 2 aromatic rings. The Morgan fingerprint density at radius 3 is 2.48 bits per heavy atom. The quantitative estimate of drug-likeness (QED) is 0.592. The fourth-order valence-corrected chi connectivity index (χ4v) is 4.25. The van der Waals surface area contributed by atoms with Crippen molar-refractivity contribution in [2.75, 3.05) is 37.5 Å². The normalized spacial score (nSPS) is 19.0. The predicted molar refractivity (Wildman–Crippen MR) is 105 cm³/mol. The van der Waals surface area contributed by atoms with Gasteiger partial charge in [0.1, 0.15) is 11.2 Å². The van der Waals surface area contributed by atoms with Crippen LogP contribution in [0.4, 0.5) is 10.1 Å². The molecular weight excluding hydrogens is 383 g/mol. The van der Waals surface area contributed by atoms with Crippen LogP contribution in [0.15, 0.2) is 15.7 Å². The van der Waals surface area contributed by atoms with Crippen molar-refractivity contribution in [1.29, 1.82) is 0 Å². The van der Waals surface area contributed by atoms with Gasteiger partial charge in [-0.1, -0.05) is 0 Å². The molecule has 1 aliphatic carbocycles. The van der Waals surface area contributed by atoms with E-state index in [1.165, 1.54) is 11.7 Å². The van der Waals surface area contributed by atoms with Gasteiger partial charge in [-0.3, -0.25) is 9.36 Å². The Morgan fingerprint density at radius 1 is 1.28 bits per heavy atom. The molecule has 0 spiro atoms. The molecular formula is C19H25FN4O5. The van der Waals surface area contributed by atoms with Gasteiger partial charge in [-0.05, 0) is 37.7 Å². The zero-order valence-electron chi connectivity index (χ0n) is 16.2. The zero-order chi connectivity index (χ0) is 20.9. The Labute approximate surface area is 165 Å². The largest absolute Gasteiger partial charge is 0.492 e. The molecule has 0 radical (unpaired) electrons. The Hall–Kier alpha value is -2.59. The maximum atomic E-state index is 15.1. The summed E-state index contributed by atoms with van der Waals surface area (Å²) in [6.07, 6.45) is 1.88. The second-order valence-electron chi connectivity index (χ2n) is 7.77. The van der Waals surface area contributed by atoms with Gasteiger partial charge >= 0.3 is 5.69 Å². The average Bonchev–Trinajstić information content (AvgIpc) is 3.56. The van der Waals surface area contributed by atoms with Gasteiger partial charge in [-0.25, -0.2) is 9.18 Å². The smallest absolute Gasteiger partial charge is 0.350 e. The maximum absolute atomic E-state index is 15.1. The Bertz CT molecular complexity index is 1050. The summed E-state index contributed by atoms with van der Waals surface area (Å²) in [5, 5.41) is 19.0. The van der Waals surface area contributed by atoms with E-state index < -0.39 is 23.2 Å². The second kappa shape index (κ2) is 7.34. The van der Waals surface area contributed by atoms with Gasteiger partial charge in [-0.2, -0.15) is 4.68 Å². The molecule has 10 heteroatoms. The molecule has 1 unspecified atom stereocenters. The highest BCUT2D eigenvalue weighted by molar-refractivity contribution is 5.91. The molecule has 1 aromatic heterocycles. The van der Waals surface area contributed by atoms with Crippen LogP contribution in [-0.4, -0.2) is 52.4 Å². The summed E-state index contributed by atoms with van der Waals surface area (Å²) >= 11 is 0. The van der Waals surface area contributed by atoms with E-state index in [9.17, 15) is 14.7 Å². The number of aromatic nitrogens is 2. The fraction of sp³-hybridized carbons (Fsp3) is 0.579. The summed E-state index contributed by atoms with van der Waals surface area (Å²) in [6, 6.07) is 1.02. The van der Waals surface area contributed by atoms with Crippen molar-refractivity contribution in [3.8, 4) is 5.75 Å². The van der Waals surface area contributed by atoms with Gasteiger partial charge in [0, 0.05) is 19.1 Å². The van der Waals surface area contributed by atoms with E-state index >= 15 is 4.39 Å². The Kier molecular flexibility index (Phi) is 4.99. The van der Waals surface area contributed by atoms with Crippen LogP contribution in [0.5, 0.6) is 5.75 Å². The van der Waals surface area contributed by atoms with Crippen LogP contribution in [0.2, 0.25) is 0 Å². The number of aliphatic hydroxyl groups is 2. The lowest BCUT2D eigenvalue weighted by molar-refractivity contribution is 0.0376.